The Morgan fingerprint density at radius 1 is 0.938 bits per heavy atom. The zero-order chi connectivity index (χ0) is 10.8. The highest BCUT2D eigenvalue weighted by molar-refractivity contribution is 5.59. The van der Waals surface area contributed by atoms with E-state index in [2.05, 4.69) is 17.4 Å². The van der Waals surface area contributed by atoms with E-state index in [1.807, 2.05) is 36.4 Å². The summed E-state index contributed by atoms with van der Waals surface area (Å²) in [4.78, 5) is 0. The molecule has 2 nitrogen and oxygen atoms in total. The molecule has 0 amide bonds. The Hall–Kier alpha value is -1.96. The second-order valence-electron chi connectivity index (χ2n) is 3.91. The minimum Gasteiger partial charge on any atom is -0.457 e. The van der Waals surface area contributed by atoms with E-state index < -0.39 is 0 Å². The fraction of sp³-hybridized carbons (Fsp3) is 0.143. The molecule has 0 aliphatic carbocycles. The summed E-state index contributed by atoms with van der Waals surface area (Å²) in [5.41, 5.74) is 2.58. The fourth-order valence-corrected chi connectivity index (χ4v) is 1.96. The highest BCUT2D eigenvalue weighted by Crippen LogP contribution is 2.29. The summed E-state index contributed by atoms with van der Waals surface area (Å²) in [7, 11) is 0. The van der Waals surface area contributed by atoms with E-state index in [1.54, 1.807) is 0 Å². The molecular weight excluding hydrogens is 198 g/mol. The van der Waals surface area contributed by atoms with Crippen LogP contribution in [0.4, 0.5) is 5.69 Å². The van der Waals surface area contributed by atoms with Gasteiger partial charge in [-0.15, -0.1) is 0 Å². The van der Waals surface area contributed by atoms with Gasteiger partial charge in [-0.3, -0.25) is 0 Å². The Kier molecular flexibility index (Phi) is 2.26. The van der Waals surface area contributed by atoms with Gasteiger partial charge in [0.2, 0.25) is 0 Å². The standard InChI is InChI=1S/C14H13NO/c1-2-4-12(5-3-1)16-13-7-6-11-8-9-15-14(11)10-13/h1-7,10,15H,8-9H2. The van der Waals surface area contributed by atoms with Gasteiger partial charge in [-0.05, 0) is 30.2 Å². The van der Waals surface area contributed by atoms with Crippen LogP contribution in [-0.2, 0) is 6.42 Å². The van der Waals surface area contributed by atoms with Gasteiger partial charge >= 0.3 is 0 Å². The number of fused-ring (bicyclic) bond motifs is 1. The van der Waals surface area contributed by atoms with E-state index in [-0.39, 0.29) is 0 Å². The van der Waals surface area contributed by atoms with E-state index in [1.165, 1.54) is 11.3 Å². The van der Waals surface area contributed by atoms with Crippen molar-refractivity contribution in [2.24, 2.45) is 0 Å². The van der Waals surface area contributed by atoms with Crippen LogP contribution in [0.15, 0.2) is 48.5 Å². The molecule has 80 valence electrons. The zero-order valence-corrected chi connectivity index (χ0v) is 8.94. The smallest absolute Gasteiger partial charge is 0.129 e. The lowest BCUT2D eigenvalue weighted by Gasteiger charge is -2.07. The molecule has 0 aromatic heterocycles. The lowest BCUT2D eigenvalue weighted by Crippen LogP contribution is -1.91. The summed E-state index contributed by atoms with van der Waals surface area (Å²) < 4.78 is 5.76. The summed E-state index contributed by atoms with van der Waals surface area (Å²) in [6.45, 7) is 1.03. The van der Waals surface area contributed by atoms with Crippen LogP contribution >= 0.6 is 0 Å². The maximum absolute atomic E-state index is 5.76. The van der Waals surface area contributed by atoms with Crippen molar-refractivity contribution in [1.29, 1.82) is 0 Å². The van der Waals surface area contributed by atoms with Gasteiger partial charge < -0.3 is 10.1 Å². The minimum absolute atomic E-state index is 0.875. The number of benzene rings is 2. The summed E-state index contributed by atoms with van der Waals surface area (Å²) in [5, 5.41) is 3.35. The molecule has 0 bridgehead atoms. The maximum Gasteiger partial charge on any atom is 0.129 e. The molecule has 1 heterocycles. The Bertz CT molecular complexity index is 493. The SMILES string of the molecule is c1ccc(Oc2ccc3c(c2)NCC3)cc1. The first-order valence-corrected chi connectivity index (χ1v) is 5.51. The van der Waals surface area contributed by atoms with Crippen LogP contribution in [0.25, 0.3) is 0 Å². The second-order valence-corrected chi connectivity index (χ2v) is 3.91. The highest BCUT2D eigenvalue weighted by Gasteiger charge is 2.10. The van der Waals surface area contributed by atoms with Crippen molar-refractivity contribution >= 4 is 5.69 Å². The summed E-state index contributed by atoms with van der Waals surface area (Å²) >= 11 is 0. The predicted molar refractivity (Wildman–Crippen MR) is 65.2 cm³/mol. The second kappa shape index (κ2) is 3.89. The molecule has 0 unspecified atom stereocenters. The predicted octanol–water partition coefficient (Wildman–Crippen LogP) is 3.45. The van der Waals surface area contributed by atoms with Crippen molar-refractivity contribution < 1.29 is 4.74 Å². The van der Waals surface area contributed by atoms with Gasteiger partial charge in [0.15, 0.2) is 0 Å². The van der Waals surface area contributed by atoms with Crippen LogP contribution in [0, 0.1) is 0 Å². The van der Waals surface area contributed by atoms with E-state index in [4.69, 9.17) is 4.74 Å². The molecule has 1 N–H and O–H groups in total. The summed E-state index contributed by atoms with van der Waals surface area (Å²) in [6.07, 6.45) is 1.11. The third-order valence-electron chi connectivity index (χ3n) is 2.77. The number of anilines is 1. The van der Waals surface area contributed by atoms with Crippen molar-refractivity contribution in [3.8, 4) is 11.5 Å². The quantitative estimate of drug-likeness (QED) is 0.821. The molecule has 2 heteroatoms. The number of hydrogen-bond donors (Lipinski definition) is 1. The third kappa shape index (κ3) is 1.74. The van der Waals surface area contributed by atoms with Crippen molar-refractivity contribution in [3.63, 3.8) is 0 Å². The minimum atomic E-state index is 0.875. The molecular formula is C14H13NO. The first kappa shape index (κ1) is 9.28. The lowest BCUT2D eigenvalue weighted by atomic mass is 10.1. The maximum atomic E-state index is 5.76. The molecule has 16 heavy (non-hydrogen) atoms. The van der Waals surface area contributed by atoms with Crippen LogP contribution < -0.4 is 10.1 Å². The molecule has 2 aromatic rings. The molecule has 0 atom stereocenters. The third-order valence-corrected chi connectivity index (χ3v) is 2.77. The van der Waals surface area contributed by atoms with Crippen molar-refractivity contribution in [2.75, 3.05) is 11.9 Å². The Morgan fingerprint density at radius 2 is 1.81 bits per heavy atom. The van der Waals surface area contributed by atoms with Gasteiger partial charge in [0.1, 0.15) is 11.5 Å². The normalized spacial score (nSPS) is 13.0. The molecule has 3 rings (SSSR count). The zero-order valence-electron chi connectivity index (χ0n) is 8.94. The average molecular weight is 211 g/mol. The van der Waals surface area contributed by atoms with E-state index in [0.717, 1.165) is 24.5 Å². The first-order valence-electron chi connectivity index (χ1n) is 5.51. The van der Waals surface area contributed by atoms with Gasteiger partial charge in [-0.25, -0.2) is 0 Å². The topological polar surface area (TPSA) is 21.3 Å². The molecule has 0 radical (unpaired) electrons. The molecule has 0 saturated carbocycles. The van der Waals surface area contributed by atoms with E-state index in [0.29, 0.717) is 0 Å². The summed E-state index contributed by atoms with van der Waals surface area (Å²) in [5.74, 6) is 1.76. The summed E-state index contributed by atoms with van der Waals surface area (Å²) in [6, 6.07) is 16.1. The van der Waals surface area contributed by atoms with Crippen LogP contribution in [0.5, 0.6) is 11.5 Å². The van der Waals surface area contributed by atoms with Crippen LogP contribution in [-0.4, -0.2) is 6.54 Å². The van der Waals surface area contributed by atoms with Crippen molar-refractivity contribution in [2.45, 2.75) is 6.42 Å². The molecule has 0 spiro atoms. The van der Waals surface area contributed by atoms with Gasteiger partial charge in [0, 0.05) is 18.3 Å². The average Bonchev–Trinajstić information content (AvgIpc) is 2.77. The number of nitrogens with one attached hydrogen (secondary N) is 1. The first-order chi connectivity index (χ1) is 7.92. The van der Waals surface area contributed by atoms with E-state index >= 15 is 0 Å². The molecule has 0 saturated heterocycles. The largest absolute Gasteiger partial charge is 0.457 e. The highest BCUT2D eigenvalue weighted by atomic mass is 16.5. The van der Waals surface area contributed by atoms with Crippen LogP contribution in [0.2, 0.25) is 0 Å². The van der Waals surface area contributed by atoms with Gasteiger partial charge in [0.25, 0.3) is 0 Å². The molecule has 2 aromatic carbocycles. The van der Waals surface area contributed by atoms with Crippen LogP contribution in [0.1, 0.15) is 5.56 Å². The lowest BCUT2D eigenvalue weighted by molar-refractivity contribution is 0.483. The van der Waals surface area contributed by atoms with Crippen molar-refractivity contribution in [1.82, 2.24) is 0 Å². The fourth-order valence-electron chi connectivity index (χ4n) is 1.96. The molecule has 0 fully saturated rings. The number of ether oxygens (including phenoxy) is 1. The molecule has 1 aliphatic rings. The van der Waals surface area contributed by atoms with Gasteiger partial charge in [0.05, 0.1) is 0 Å². The van der Waals surface area contributed by atoms with Crippen molar-refractivity contribution in [3.05, 3.63) is 54.1 Å². The van der Waals surface area contributed by atoms with E-state index in [9.17, 15) is 0 Å². The number of rotatable bonds is 2. The Balaban J connectivity index is 1.86. The Labute approximate surface area is 94.9 Å². The Morgan fingerprint density at radius 3 is 2.69 bits per heavy atom. The van der Waals surface area contributed by atoms with Crippen LogP contribution in [0.3, 0.4) is 0 Å². The molecule has 1 aliphatic heterocycles. The van der Waals surface area contributed by atoms with Gasteiger partial charge in [-0.2, -0.15) is 0 Å². The number of para-hydroxylation sites is 1. The number of hydrogen-bond acceptors (Lipinski definition) is 2. The monoisotopic (exact) mass is 211 g/mol. The van der Waals surface area contributed by atoms with Gasteiger partial charge in [-0.1, -0.05) is 24.3 Å².